The molecule has 5 nitrogen and oxygen atoms in total. The average molecular weight is 490 g/mol. The van der Waals surface area contributed by atoms with Gasteiger partial charge in [-0.2, -0.15) is 26.3 Å². The highest BCUT2D eigenvalue weighted by Crippen LogP contribution is 2.37. The summed E-state index contributed by atoms with van der Waals surface area (Å²) in [5.74, 6) is -0.214. The van der Waals surface area contributed by atoms with Crippen LogP contribution in [0.2, 0.25) is 0 Å². The molecule has 3 rings (SSSR count). The van der Waals surface area contributed by atoms with Crippen molar-refractivity contribution in [1.29, 1.82) is 0 Å². The van der Waals surface area contributed by atoms with Crippen LogP contribution in [0.25, 0.3) is 0 Å². The monoisotopic (exact) mass is 490 g/mol. The SMILES string of the molecule is CN1NC(=O)C[C@H]1[C@H](Cc1ccccc1)NC(=S)Nc1cc(C(F)(F)F)cc(C(F)(F)F)c1. The number of nitrogens with one attached hydrogen (secondary N) is 3. The maximum Gasteiger partial charge on any atom is 0.416 e. The van der Waals surface area contributed by atoms with Crippen molar-refractivity contribution in [3.8, 4) is 0 Å². The number of rotatable bonds is 5. The largest absolute Gasteiger partial charge is 0.416 e. The summed E-state index contributed by atoms with van der Waals surface area (Å²) in [6.07, 6.45) is -9.39. The zero-order chi connectivity index (χ0) is 24.4. The number of carbonyl (C=O) groups excluding carboxylic acids is 1. The van der Waals surface area contributed by atoms with Crippen LogP contribution in [0.5, 0.6) is 0 Å². The first-order valence-electron chi connectivity index (χ1n) is 9.76. The van der Waals surface area contributed by atoms with Crippen LogP contribution in [0.15, 0.2) is 48.5 Å². The molecule has 2 atom stereocenters. The van der Waals surface area contributed by atoms with Crippen molar-refractivity contribution in [2.24, 2.45) is 0 Å². The molecule has 1 heterocycles. The molecule has 0 unspecified atom stereocenters. The minimum Gasteiger partial charge on any atom is -0.358 e. The highest BCUT2D eigenvalue weighted by atomic mass is 32.1. The van der Waals surface area contributed by atoms with Crippen LogP contribution in [0, 0.1) is 0 Å². The number of hydrogen-bond donors (Lipinski definition) is 3. The van der Waals surface area contributed by atoms with Gasteiger partial charge in [0.25, 0.3) is 0 Å². The number of hydrogen-bond acceptors (Lipinski definition) is 3. The number of amides is 1. The predicted molar refractivity (Wildman–Crippen MR) is 114 cm³/mol. The second kappa shape index (κ2) is 9.56. The fourth-order valence-electron chi connectivity index (χ4n) is 3.58. The van der Waals surface area contributed by atoms with Gasteiger partial charge >= 0.3 is 12.4 Å². The van der Waals surface area contributed by atoms with Crippen LogP contribution in [-0.2, 0) is 23.6 Å². The normalized spacial score (nSPS) is 18.0. The molecule has 1 aliphatic rings. The molecule has 0 saturated carbocycles. The number of likely N-dealkylation sites (N-methyl/N-ethyl adjacent to an activating group) is 1. The van der Waals surface area contributed by atoms with E-state index >= 15 is 0 Å². The van der Waals surface area contributed by atoms with Gasteiger partial charge in [-0.3, -0.25) is 10.2 Å². The lowest BCUT2D eigenvalue weighted by molar-refractivity contribution is -0.143. The maximum atomic E-state index is 13.1. The number of anilines is 1. The molecule has 0 aromatic heterocycles. The Morgan fingerprint density at radius 1 is 1.09 bits per heavy atom. The van der Waals surface area contributed by atoms with Crippen LogP contribution in [0.1, 0.15) is 23.1 Å². The van der Waals surface area contributed by atoms with Gasteiger partial charge in [0, 0.05) is 19.2 Å². The lowest BCUT2D eigenvalue weighted by Gasteiger charge is -2.30. The Kier molecular flexibility index (Phi) is 7.17. The molecule has 0 aliphatic carbocycles. The molecule has 12 heteroatoms. The van der Waals surface area contributed by atoms with Crippen molar-refractivity contribution >= 4 is 28.9 Å². The Morgan fingerprint density at radius 3 is 2.15 bits per heavy atom. The van der Waals surface area contributed by atoms with Crippen molar-refractivity contribution in [1.82, 2.24) is 15.8 Å². The van der Waals surface area contributed by atoms with E-state index in [2.05, 4.69) is 16.1 Å². The predicted octanol–water partition coefficient (Wildman–Crippen LogP) is 4.36. The highest BCUT2D eigenvalue weighted by Gasteiger charge is 2.37. The molecule has 2 aromatic carbocycles. The third kappa shape index (κ3) is 6.57. The minimum atomic E-state index is -4.97. The molecule has 178 valence electrons. The summed E-state index contributed by atoms with van der Waals surface area (Å²) >= 11 is 5.20. The van der Waals surface area contributed by atoms with Crippen LogP contribution in [-0.4, -0.2) is 35.2 Å². The second-order valence-corrected chi connectivity index (χ2v) is 8.01. The topological polar surface area (TPSA) is 56.4 Å². The Bertz CT molecular complexity index is 980. The van der Waals surface area contributed by atoms with Gasteiger partial charge in [0.15, 0.2) is 5.11 Å². The molecular weight excluding hydrogens is 470 g/mol. The van der Waals surface area contributed by atoms with E-state index in [1.165, 1.54) is 0 Å². The van der Waals surface area contributed by atoms with Gasteiger partial charge in [-0.05, 0) is 42.4 Å². The highest BCUT2D eigenvalue weighted by molar-refractivity contribution is 7.80. The van der Waals surface area contributed by atoms with E-state index in [1.807, 2.05) is 30.3 Å². The Balaban J connectivity index is 1.83. The summed E-state index contributed by atoms with van der Waals surface area (Å²) in [4.78, 5) is 11.8. The summed E-state index contributed by atoms with van der Waals surface area (Å²) < 4.78 is 78.7. The first-order valence-corrected chi connectivity index (χ1v) is 10.2. The summed E-state index contributed by atoms with van der Waals surface area (Å²) in [6.45, 7) is 0. The Hall–Kier alpha value is -2.86. The molecule has 2 aromatic rings. The van der Waals surface area contributed by atoms with Gasteiger partial charge in [0.1, 0.15) is 0 Å². The minimum absolute atomic E-state index is 0.0463. The van der Waals surface area contributed by atoms with E-state index in [0.29, 0.717) is 18.6 Å². The molecule has 1 aliphatic heterocycles. The second-order valence-electron chi connectivity index (χ2n) is 7.61. The number of halogens is 6. The average Bonchev–Trinajstić information content (AvgIpc) is 3.04. The Morgan fingerprint density at radius 2 is 1.67 bits per heavy atom. The fourth-order valence-corrected chi connectivity index (χ4v) is 3.85. The smallest absolute Gasteiger partial charge is 0.358 e. The third-order valence-corrected chi connectivity index (χ3v) is 5.34. The van der Waals surface area contributed by atoms with Crippen molar-refractivity contribution < 1.29 is 31.1 Å². The quantitative estimate of drug-likeness (QED) is 0.430. The molecular formula is C21H20F6N4OS. The summed E-state index contributed by atoms with van der Waals surface area (Å²) in [6, 6.07) is 9.54. The van der Waals surface area contributed by atoms with Gasteiger partial charge in [-0.15, -0.1) is 0 Å². The number of benzene rings is 2. The van der Waals surface area contributed by atoms with Crippen molar-refractivity contribution in [2.45, 2.75) is 37.3 Å². The van der Waals surface area contributed by atoms with Crippen LogP contribution in [0.3, 0.4) is 0 Å². The zero-order valence-corrected chi connectivity index (χ0v) is 18.0. The summed E-state index contributed by atoms with van der Waals surface area (Å²) in [7, 11) is 1.66. The summed E-state index contributed by atoms with van der Waals surface area (Å²) in [5.41, 5.74) is 0.195. The number of carbonyl (C=O) groups is 1. The first-order chi connectivity index (χ1) is 15.3. The molecule has 1 fully saturated rings. The lowest BCUT2D eigenvalue weighted by Crippen LogP contribution is -2.51. The van der Waals surface area contributed by atoms with Crippen LogP contribution < -0.4 is 16.1 Å². The molecule has 33 heavy (non-hydrogen) atoms. The van der Waals surface area contributed by atoms with Crippen molar-refractivity contribution in [3.05, 3.63) is 65.2 Å². The molecule has 1 amide bonds. The van der Waals surface area contributed by atoms with E-state index in [-0.39, 0.29) is 29.5 Å². The van der Waals surface area contributed by atoms with E-state index < -0.39 is 35.2 Å². The Labute approximate surface area is 191 Å². The van der Waals surface area contributed by atoms with Crippen molar-refractivity contribution in [3.63, 3.8) is 0 Å². The van der Waals surface area contributed by atoms with E-state index in [9.17, 15) is 31.1 Å². The van der Waals surface area contributed by atoms with Gasteiger partial charge < -0.3 is 10.6 Å². The van der Waals surface area contributed by atoms with E-state index in [1.54, 1.807) is 12.1 Å². The van der Waals surface area contributed by atoms with Gasteiger partial charge in [0.2, 0.25) is 5.91 Å². The van der Waals surface area contributed by atoms with Gasteiger partial charge in [0.05, 0.1) is 23.2 Å². The molecule has 0 radical (unpaired) electrons. The first kappa shape index (κ1) is 24.8. The number of alkyl halides is 6. The third-order valence-electron chi connectivity index (χ3n) is 5.12. The molecule has 0 spiro atoms. The fraction of sp³-hybridized carbons (Fsp3) is 0.333. The number of thiocarbonyl (C=S) groups is 1. The van der Waals surface area contributed by atoms with E-state index in [4.69, 9.17) is 12.2 Å². The van der Waals surface area contributed by atoms with Crippen LogP contribution in [0.4, 0.5) is 32.0 Å². The van der Waals surface area contributed by atoms with Crippen molar-refractivity contribution in [2.75, 3.05) is 12.4 Å². The molecule has 1 saturated heterocycles. The maximum absolute atomic E-state index is 13.1. The van der Waals surface area contributed by atoms with Gasteiger partial charge in [-0.25, -0.2) is 5.01 Å². The lowest BCUT2D eigenvalue weighted by atomic mass is 9.97. The summed E-state index contributed by atoms with van der Waals surface area (Å²) in [5, 5.41) is 6.80. The van der Waals surface area contributed by atoms with Crippen LogP contribution >= 0.6 is 12.2 Å². The molecule has 0 bridgehead atoms. The molecule has 3 N–H and O–H groups in total. The van der Waals surface area contributed by atoms with E-state index in [0.717, 1.165) is 5.56 Å². The zero-order valence-electron chi connectivity index (χ0n) is 17.2. The number of hydrazine groups is 1. The standard InChI is InChI=1S/C21H20F6N4OS/c1-31-17(11-18(32)30-31)16(7-12-5-3-2-4-6-12)29-19(33)28-15-9-13(20(22,23)24)8-14(10-15)21(25,26)27/h2-6,8-10,16-17H,7,11H2,1H3,(H,30,32)(H2,28,29,33)/t16-,17-/m0/s1. The number of nitrogens with zero attached hydrogens (tertiary/aromatic N) is 1. The van der Waals surface area contributed by atoms with Gasteiger partial charge in [-0.1, -0.05) is 30.3 Å².